The second kappa shape index (κ2) is 4.66. The third kappa shape index (κ3) is 3.82. The normalized spacial score (nSPS) is 12.8. The van der Waals surface area contributed by atoms with Gasteiger partial charge in [0.25, 0.3) is 0 Å². The number of hydrogen-bond donors (Lipinski definition) is 1. The molecule has 0 bridgehead atoms. The Morgan fingerprint density at radius 3 is 2.77 bits per heavy atom. The monoisotopic (exact) mass is 224 g/mol. The van der Waals surface area contributed by atoms with Gasteiger partial charge in [0.2, 0.25) is 0 Å². The van der Waals surface area contributed by atoms with E-state index in [9.17, 15) is 8.60 Å². The van der Waals surface area contributed by atoms with E-state index in [1.54, 1.807) is 0 Å². The molecule has 1 aromatic carbocycles. The molecule has 0 aliphatic rings. The zero-order valence-corrected chi connectivity index (χ0v) is 7.94. The molecule has 0 saturated carbocycles. The summed E-state index contributed by atoms with van der Waals surface area (Å²) in [7, 11) is 0. The molecule has 0 fully saturated rings. The van der Waals surface area contributed by atoms with E-state index in [1.165, 1.54) is 12.1 Å². The third-order valence-corrected chi connectivity index (χ3v) is 1.79. The van der Waals surface area contributed by atoms with Crippen LogP contribution in [0.4, 0.5) is 4.39 Å². The standard InChI is InChI=1S/C7H6ClFO3S/c8-6-1-5(2-7(9)3-6)4-12-13(10)11/h1-3H,4H2,(H,10,11). The lowest BCUT2D eigenvalue weighted by Crippen LogP contribution is -1.96. The molecule has 0 spiro atoms. The maximum atomic E-state index is 12.7. The van der Waals surface area contributed by atoms with Crippen molar-refractivity contribution in [3.05, 3.63) is 34.6 Å². The number of benzene rings is 1. The SMILES string of the molecule is O=S(O)OCc1cc(F)cc(Cl)c1. The average molecular weight is 225 g/mol. The average Bonchev–Trinajstić information content (AvgIpc) is 1.99. The number of halogens is 2. The first-order valence-corrected chi connectivity index (χ1v) is 4.68. The molecular formula is C7H6ClFO3S. The Balaban J connectivity index is 2.71. The highest BCUT2D eigenvalue weighted by Gasteiger charge is 2.01. The molecule has 1 atom stereocenters. The van der Waals surface area contributed by atoms with E-state index in [1.807, 2.05) is 0 Å². The molecule has 0 aromatic heterocycles. The maximum Gasteiger partial charge on any atom is 0.302 e. The Kier molecular flexibility index (Phi) is 3.80. The summed E-state index contributed by atoms with van der Waals surface area (Å²) in [6.07, 6.45) is 0. The van der Waals surface area contributed by atoms with E-state index in [0.29, 0.717) is 5.56 Å². The molecule has 0 aliphatic carbocycles. The van der Waals surface area contributed by atoms with Crippen molar-refractivity contribution >= 4 is 23.0 Å². The van der Waals surface area contributed by atoms with Crippen molar-refractivity contribution in [2.75, 3.05) is 0 Å². The van der Waals surface area contributed by atoms with Gasteiger partial charge in [-0.25, -0.2) is 4.39 Å². The van der Waals surface area contributed by atoms with Crippen LogP contribution in [0.25, 0.3) is 0 Å². The number of hydrogen-bond acceptors (Lipinski definition) is 2. The highest BCUT2D eigenvalue weighted by molar-refractivity contribution is 7.74. The molecule has 0 amide bonds. The summed E-state index contributed by atoms with van der Waals surface area (Å²) in [5.74, 6) is -0.505. The van der Waals surface area contributed by atoms with Gasteiger partial charge in [0.1, 0.15) is 5.82 Å². The van der Waals surface area contributed by atoms with E-state index in [4.69, 9.17) is 16.2 Å². The summed E-state index contributed by atoms with van der Waals surface area (Å²) in [6.45, 7) is -0.152. The van der Waals surface area contributed by atoms with Crippen molar-refractivity contribution in [2.24, 2.45) is 0 Å². The van der Waals surface area contributed by atoms with Gasteiger partial charge in [0.15, 0.2) is 0 Å². The van der Waals surface area contributed by atoms with Gasteiger partial charge >= 0.3 is 11.4 Å². The minimum Gasteiger partial charge on any atom is -0.284 e. The van der Waals surface area contributed by atoms with Gasteiger partial charge in [-0.2, -0.15) is 4.21 Å². The van der Waals surface area contributed by atoms with Crippen LogP contribution in [-0.2, 0) is 22.2 Å². The summed E-state index contributed by atoms with van der Waals surface area (Å²) < 4.78 is 35.4. The fraction of sp³-hybridized carbons (Fsp3) is 0.143. The predicted octanol–water partition coefficient (Wildman–Crippen LogP) is 2.13. The molecule has 0 radical (unpaired) electrons. The lowest BCUT2D eigenvalue weighted by Gasteiger charge is -2.00. The Morgan fingerprint density at radius 1 is 1.54 bits per heavy atom. The van der Waals surface area contributed by atoms with Gasteiger partial charge in [0.05, 0.1) is 6.61 Å². The van der Waals surface area contributed by atoms with E-state index >= 15 is 0 Å². The van der Waals surface area contributed by atoms with Crippen LogP contribution in [0.15, 0.2) is 18.2 Å². The largest absolute Gasteiger partial charge is 0.302 e. The van der Waals surface area contributed by atoms with E-state index < -0.39 is 17.2 Å². The molecule has 13 heavy (non-hydrogen) atoms. The molecule has 1 unspecified atom stereocenters. The quantitative estimate of drug-likeness (QED) is 0.801. The Labute approximate surface area is 82.0 Å². The zero-order valence-electron chi connectivity index (χ0n) is 6.37. The van der Waals surface area contributed by atoms with Crippen LogP contribution in [0.5, 0.6) is 0 Å². The molecule has 0 heterocycles. The molecule has 0 saturated heterocycles. The van der Waals surface area contributed by atoms with Crippen molar-refractivity contribution in [3.8, 4) is 0 Å². The Hall–Kier alpha value is -0.490. The van der Waals surface area contributed by atoms with Crippen LogP contribution < -0.4 is 0 Å². The summed E-state index contributed by atoms with van der Waals surface area (Å²) in [5.41, 5.74) is 0.410. The summed E-state index contributed by atoms with van der Waals surface area (Å²) in [4.78, 5) is 0. The van der Waals surface area contributed by atoms with E-state index in [0.717, 1.165) is 6.07 Å². The van der Waals surface area contributed by atoms with Crippen LogP contribution in [0.1, 0.15) is 5.56 Å². The Bertz CT molecular complexity index is 311. The van der Waals surface area contributed by atoms with Gasteiger partial charge < -0.3 is 0 Å². The van der Waals surface area contributed by atoms with Crippen LogP contribution in [0, 0.1) is 5.82 Å². The fourth-order valence-corrected chi connectivity index (χ4v) is 1.29. The Morgan fingerprint density at radius 2 is 2.23 bits per heavy atom. The molecule has 6 heteroatoms. The lowest BCUT2D eigenvalue weighted by atomic mass is 10.2. The van der Waals surface area contributed by atoms with Crippen LogP contribution >= 0.6 is 11.6 Å². The van der Waals surface area contributed by atoms with Gasteiger partial charge in [0, 0.05) is 5.02 Å². The van der Waals surface area contributed by atoms with Crippen molar-refractivity contribution in [2.45, 2.75) is 6.61 Å². The van der Waals surface area contributed by atoms with Crippen molar-refractivity contribution in [1.82, 2.24) is 0 Å². The zero-order chi connectivity index (χ0) is 9.84. The van der Waals surface area contributed by atoms with E-state index in [2.05, 4.69) is 4.18 Å². The summed E-state index contributed by atoms with van der Waals surface area (Å²) in [6, 6.07) is 3.78. The van der Waals surface area contributed by atoms with E-state index in [-0.39, 0.29) is 11.6 Å². The maximum absolute atomic E-state index is 12.7. The molecule has 1 N–H and O–H groups in total. The molecule has 3 nitrogen and oxygen atoms in total. The fourth-order valence-electron chi connectivity index (χ4n) is 0.813. The van der Waals surface area contributed by atoms with Gasteiger partial charge in [-0.05, 0) is 23.8 Å². The van der Waals surface area contributed by atoms with Crippen LogP contribution in [0.3, 0.4) is 0 Å². The summed E-state index contributed by atoms with van der Waals surface area (Å²) in [5, 5.41) is 0.224. The first kappa shape index (κ1) is 10.6. The smallest absolute Gasteiger partial charge is 0.284 e. The highest BCUT2D eigenvalue weighted by atomic mass is 35.5. The molecule has 0 aliphatic heterocycles. The summed E-state index contributed by atoms with van der Waals surface area (Å²) >= 11 is 3.19. The van der Waals surface area contributed by atoms with Crippen molar-refractivity contribution < 1.29 is 17.3 Å². The first-order valence-electron chi connectivity index (χ1n) is 3.27. The highest BCUT2D eigenvalue weighted by Crippen LogP contribution is 2.14. The van der Waals surface area contributed by atoms with Crippen molar-refractivity contribution in [3.63, 3.8) is 0 Å². The lowest BCUT2D eigenvalue weighted by molar-refractivity contribution is 0.296. The van der Waals surface area contributed by atoms with Gasteiger partial charge in [-0.1, -0.05) is 11.6 Å². The van der Waals surface area contributed by atoms with Crippen LogP contribution in [0.2, 0.25) is 5.02 Å². The second-order valence-electron chi connectivity index (χ2n) is 2.26. The minimum atomic E-state index is -2.34. The first-order chi connectivity index (χ1) is 6.08. The topological polar surface area (TPSA) is 46.5 Å². The molecule has 1 aromatic rings. The van der Waals surface area contributed by atoms with Crippen molar-refractivity contribution in [1.29, 1.82) is 0 Å². The number of rotatable bonds is 3. The molecular weight excluding hydrogens is 219 g/mol. The predicted molar refractivity (Wildman–Crippen MR) is 47.0 cm³/mol. The second-order valence-corrected chi connectivity index (χ2v) is 3.36. The molecule has 72 valence electrons. The molecule has 1 rings (SSSR count). The third-order valence-electron chi connectivity index (χ3n) is 1.25. The van der Waals surface area contributed by atoms with Gasteiger partial charge in [-0.3, -0.25) is 8.74 Å². The minimum absolute atomic E-state index is 0.152. The van der Waals surface area contributed by atoms with Crippen LogP contribution in [-0.4, -0.2) is 8.76 Å². The van der Waals surface area contributed by atoms with Gasteiger partial charge in [-0.15, -0.1) is 0 Å².